The molecule has 3 heteroatoms. The second-order valence-electron chi connectivity index (χ2n) is 2.61. The summed E-state index contributed by atoms with van der Waals surface area (Å²) < 4.78 is 11.1. The van der Waals surface area contributed by atoms with Crippen molar-refractivity contribution in [2.45, 2.75) is 18.9 Å². The molecule has 0 saturated carbocycles. The largest absolute Gasteiger partial charge is 0.393 e. The molecular weight excluding hydrogens is 136 g/mol. The van der Waals surface area contributed by atoms with E-state index in [-0.39, 0.29) is 6.10 Å². The summed E-state index contributed by atoms with van der Waals surface area (Å²) in [4.78, 5) is 0. The molecule has 54 valence electrons. The second kappa shape index (κ2) is 2.31. The topological polar surface area (TPSA) is 37.3 Å². The van der Waals surface area contributed by atoms with Crippen LogP contribution in [0.2, 0.25) is 0 Å². The summed E-state index contributed by atoms with van der Waals surface area (Å²) in [7, 11) is -1.78. The van der Waals surface area contributed by atoms with Gasteiger partial charge < -0.3 is 5.11 Å². The SMILES string of the molecule is C=S1(=O)CCC(O)CC1. The molecule has 1 aliphatic heterocycles. The summed E-state index contributed by atoms with van der Waals surface area (Å²) >= 11 is 0. The molecule has 1 aliphatic rings. The van der Waals surface area contributed by atoms with Crippen molar-refractivity contribution < 1.29 is 9.32 Å². The zero-order valence-corrected chi connectivity index (χ0v) is 6.19. The van der Waals surface area contributed by atoms with Crippen molar-refractivity contribution >= 4 is 15.4 Å². The third-order valence-corrected chi connectivity index (χ3v) is 3.61. The summed E-state index contributed by atoms with van der Waals surface area (Å²) in [5, 5.41) is 8.99. The maximum Gasteiger partial charge on any atom is 0.0557 e. The van der Waals surface area contributed by atoms with E-state index in [9.17, 15) is 4.21 Å². The fourth-order valence-corrected chi connectivity index (χ4v) is 2.56. The zero-order valence-electron chi connectivity index (χ0n) is 5.38. The van der Waals surface area contributed by atoms with Crippen LogP contribution < -0.4 is 0 Å². The van der Waals surface area contributed by atoms with Gasteiger partial charge in [-0.3, -0.25) is 4.21 Å². The van der Waals surface area contributed by atoms with E-state index in [1.54, 1.807) is 0 Å². The molecule has 1 N–H and O–H groups in total. The Hall–Kier alpha value is -0.0200. The van der Waals surface area contributed by atoms with E-state index in [1.807, 2.05) is 0 Å². The molecule has 2 nitrogen and oxygen atoms in total. The molecule has 0 amide bonds. The number of hydrogen-bond acceptors (Lipinski definition) is 2. The Balaban J connectivity index is 2.55. The first kappa shape index (κ1) is 7.09. The lowest BCUT2D eigenvalue weighted by atomic mass is 10.2. The van der Waals surface area contributed by atoms with Gasteiger partial charge in [-0.15, -0.1) is 0 Å². The Bertz CT molecular complexity index is 167. The molecule has 0 aromatic heterocycles. The lowest BCUT2D eigenvalue weighted by Gasteiger charge is -2.19. The van der Waals surface area contributed by atoms with Crippen LogP contribution in [0.1, 0.15) is 12.8 Å². The molecule has 0 atom stereocenters. The molecule has 1 fully saturated rings. The van der Waals surface area contributed by atoms with Gasteiger partial charge in [-0.05, 0) is 28.2 Å². The average Bonchev–Trinajstić information content (AvgIpc) is 1.78. The Morgan fingerprint density at radius 2 is 1.89 bits per heavy atom. The minimum Gasteiger partial charge on any atom is -0.393 e. The Morgan fingerprint density at radius 3 is 2.22 bits per heavy atom. The van der Waals surface area contributed by atoms with Gasteiger partial charge >= 0.3 is 0 Å². The first-order valence-electron chi connectivity index (χ1n) is 3.11. The van der Waals surface area contributed by atoms with E-state index in [2.05, 4.69) is 5.87 Å². The van der Waals surface area contributed by atoms with Crippen molar-refractivity contribution in [2.75, 3.05) is 11.5 Å². The van der Waals surface area contributed by atoms with Gasteiger partial charge in [0.1, 0.15) is 0 Å². The van der Waals surface area contributed by atoms with E-state index in [0.29, 0.717) is 24.3 Å². The third kappa shape index (κ3) is 1.99. The smallest absolute Gasteiger partial charge is 0.0557 e. The van der Waals surface area contributed by atoms with E-state index >= 15 is 0 Å². The summed E-state index contributed by atoms with van der Waals surface area (Å²) in [5.41, 5.74) is 0. The van der Waals surface area contributed by atoms with Crippen LogP contribution in [0.5, 0.6) is 0 Å². The van der Waals surface area contributed by atoms with E-state index < -0.39 is 9.52 Å². The van der Waals surface area contributed by atoms with Crippen molar-refractivity contribution in [1.29, 1.82) is 0 Å². The fraction of sp³-hybridized carbons (Fsp3) is 0.833. The van der Waals surface area contributed by atoms with Crippen LogP contribution in [0.25, 0.3) is 0 Å². The van der Waals surface area contributed by atoms with Crippen LogP contribution in [0.15, 0.2) is 0 Å². The number of rotatable bonds is 0. The van der Waals surface area contributed by atoms with Gasteiger partial charge in [0.2, 0.25) is 0 Å². The maximum atomic E-state index is 11.1. The van der Waals surface area contributed by atoms with Gasteiger partial charge in [-0.2, -0.15) is 0 Å². The van der Waals surface area contributed by atoms with Gasteiger partial charge in [-0.25, -0.2) is 0 Å². The predicted octanol–water partition coefficient (Wildman–Crippen LogP) is -0.143. The van der Waals surface area contributed by atoms with E-state index in [0.717, 1.165) is 0 Å². The predicted molar refractivity (Wildman–Crippen MR) is 40.2 cm³/mol. The van der Waals surface area contributed by atoms with Crippen LogP contribution >= 0.6 is 0 Å². The second-order valence-corrected chi connectivity index (χ2v) is 5.35. The highest BCUT2D eigenvalue weighted by molar-refractivity contribution is 8.00. The van der Waals surface area contributed by atoms with E-state index in [1.165, 1.54) is 0 Å². The fourth-order valence-electron chi connectivity index (χ4n) is 0.948. The molecule has 0 aromatic rings. The summed E-state index contributed by atoms with van der Waals surface area (Å²) in [6, 6.07) is 0. The Morgan fingerprint density at radius 1 is 1.44 bits per heavy atom. The van der Waals surface area contributed by atoms with Gasteiger partial charge in [0.15, 0.2) is 0 Å². The van der Waals surface area contributed by atoms with E-state index in [4.69, 9.17) is 5.11 Å². The number of hydrogen-bond donors (Lipinski definition) is 1. The zero-order chi connectivity index (χ0) is 6.91. The molecule has 0 aliphatic carbocycles. The van der Waals surface area contributed by atoms with Gasteiger partial charge in [0.05, 0.1) is 6.10 Å². The van der Waals surface area contributed by atoms with Crippen molar-refractivity contribution in [1.82, 2.24) is 0 Å². The number of aliphatic hydroxyl groups is 1. The van der Waals surface area contributed by atoms with Crippen molar-refractivity contribution in [3.63, 3.8) is 0 Å². The molecule has 0 aromatic carbocycles. The first-order chi connectivity index (χ1) is 4.10. The van der Waals surface area contributed by atoms with Crippen molar-refractivity contribution in [3.8, 4) is 0 Å². The van der Waals surface area contributed by atoms with Crippen LogP contribution in [0.3, 0.4) is 0 Å². The van der Waals surface area contributed by atoms with Crippen LogP contribution in [0, 0.1) is 0 Å². The summed E-state index contributed by atoms with van der Waals surface area (Å²) in [6.45, 7) is 0. The van der Waals surface area contributed by atoms with Gasteiger partial charge in [0, 0.05) is 11.5 Å². The highest BCUT2D eigenvalue weighted by atomic mass is 32.2. The quantitative estimate of drug-likeness (QED) is 0.485. The molecule has 9 heavy (non-hydrogen) atoms. The maximum absolute atomic E-state index is 11.1. The normalized spacial score (nSPS) is 44.8. The van der Waals surface area contributed by atoms with Crippen molar-refractivity contribution in [2.24, 2.45) is 0 Å². The van der Waals surface area contributed by atoms with Gasteiger partial charge in [0.25, 0.3) is 0 Å². The monoisotopic (exact) mass is 148 g/mol. The minimum atomic E-state index is -1.78. The lowest BCUT2D eigenvalue weighted by molar-refractivity contribution is 0.164. The highest BCUT2D eigenvalue weighted by Crippen LogP contribution is 2.10. The molecule has 1 heterocycles. The molecule has 1 saturated heterocycles. The number of aliphatic hydroxyl groups excluding tert-OH is 1. The van der Waals surface area contributed by atoms with Crippen LogP contribution in [0.4, 0.5) is 0 Å². The Labute approximate surface area is 55.9 Å². The third-order valence-electron chi connectivity index (χ3n) is 1.65. The lowest BCUT2D eigenvalue weighted by Crippen LogP contribution is -2.26. The standard InChI is InChI=1S/C6H12O2S/c1-9(8)4-2-6(7)3-5-9/h6-7H,1-5H2. The molecule has 0 unspecified atom stereocenters. The molecule has 0 radical (unpaired) electrons. The Kier molecular flexibility index (Phi) is 1.82. The highest BCUT2D eigenvalue weighted by Gasteiger charge is 2.16. The summed E-state index contributed by atoms with van der Waals surface area (Å²) in [6.07, 6.45) is 1.12. The molecule has 0 bridgehead atoms. The summed E-state index contributed by atoms with van der Waals surface area (Å²) in [5.74, 6) is 4.79. The van der Waals surface area contributed by atoms with Crippen molar-refractivity contribution in [3.05, 3.63) is 0 Å². The average molecular weight is 148 g/mol. The van der Waals surface area contributed by atoms with Gasteiger partial charge in [-0.1, -0.05) is 0 Å². The van der Waals surface area contributed by atoms with Crippen LogP contribution in [-0.2, 0) is 9.52 Å². The molecular formula is C6H12O2S. The minimum absolute atomic E-state index is 0.221. The first-order valence-corrected chi connectivity index (χ1v) is 5.17. The molecule has 0 spiro atoms. The molecule has 1 rings (SSSR count). The van der Waals surface area contributed by atoms with Crippen LogP contribution in [-0.4, -0.2) is 32.8 Å².